The number of hydrogen-bond donors (Lipinski definition) is 0. The smallest absolute Gasteiger partial charge is 0.207 e. The first kappa shape index (κ1) is 11.3. The number of nitrogens with zero attached hydrogens (tertiary/aromatic N) is 1. The van der Waals surface area contributed by atoms with E-state index in [1.807, 2.05) is 6.07 Å². The molecule has 6 heteroatoms. The van der Waals surface area contributed by atoms with Gasteiger partial charge in [-0.3, -0.25) is 0 Å². The summed E-state index contributed by atoms with van der Waals surface area (Å²) in [6.45, 7) is 1.50. The van der Waals surface area contributed by atoms with Gasteiger partial charge in [0.25, 0.3) is 9.05 Å². The van der Waals surface area contributed by atoms with Gasteiger partial charge in [-0.15, -0.1) is 0 Å². The van der Waals surface area contributed by atoms with Gasteiger partial charge in [-0.25, -0.2) is 8.42 Å². The summed E-state index contributed by atoms with van der Waals surface area (Å²) in [7, 11) is 1.32. The first-order chi connectivity index (χ1) is 6.36. The van der Waals surface area contributed by atoms with E-state index in [9.17, 15) is 8.42 Å². The van der Waals surface area contributed by atoms with E-state index in [1.54, 1.807) is 0 Å². The molecule has 0 saturated carbocycles. The summed E-state index contributed by atoms with van der Waals surface area (Å²) in [5, 5.41) is 8.86. The zero-order chi connectivity index (χ0) is 10.9. The van der Waals surface area contributed by atoms with Crippen LogP contribution in [0.15, 0.2) is 17.0 Å². The van der Waals surface area contributed by atoms with Crippen molar-refractivity contribution in [2.24, 2.45) is 0 Å². The minimum Gasteiger partial charge on any atom is -0.207 e. The van der Waals surface area contributed by atoms with Crippen molar-refractivity contribution in [3.05, 3.63) is 28.3 Å². The Morgan fingerprint density at radius 1 is 1.43 bits per heavy atom. The van der Waals surface area contributed by atoms with Crippen molar-refractivity contribution < 1.29 is 8.42 Å². The average molecular weight is 250 g/mol. The minimum atomic E-state index is -3.85. The van der Waals surface area contributed by atoms with Gasteiger partial charge in [0.15, 0.2) is 0 Å². The second kappa shape index (κ2) is 3.77. The van der Waals surface area contributed by atoms with E-state index in [-0.39, 0.29) is 15.5 Å². The molecule has 0 aliphatic carbocycles. The van der Waals surface area contributed by atoms with Crippen LogP contribution in [0.4, 0.5) is 0 Å². The number of rotatable bonds is 1. The molecule has 0 aliphatic rings. The second-order valence-corrected chi connectivity index (χ2v) is 5.60. The zero-order valence-electron chi connectivity index (χ0n) is 7.08. The largest absolute Gasteiger partial charge is 0.261 e. The van der Waals surface area contributed by atoms with Gasteiger partial charge in [0.2, 0.25) is 0 Å². The highest BCUT2D eigenvalue weighted by atomic mass is 35.7. The lowest BCUT2D eigenvalue weighted by atomic mass is 10.1. The van der Waals surface area contributed by atoms with Crippen molar-refractivity contribution >= 4 is 31.3 Å². The number of nitriles is 1. The summed E-state index contributed by atoms with van der Waals surface area (Å²) in [6.07, 6.45) is 0. The maximum atomic E-state index is 11.1. The predicted molar refractivity (Wildman–Crippen MR) is 53.9 cm³/mol. The summed E-state index contributed by atoms with van der Waals surface area (Å²) >= 11 is 5.63. The zero-order valence-corrected chi connectivity index (χ0v) is 9.41. The molecule has 0 amide bonds. The van der Waals surface area contributed by atoms with Gasteiger partial charge < -0.3 is 0 Å². The lowest BCUT2D eigenvalue weighted by molar-refractivity contribution is 0.609. The number of hydrogen-bond acceptors (Lipinski definition) is 3. The summed E-state index contributed by atoms with van der Waals surface area (Å²) < 4.78 is 22.1. The molecule has 1 aromatic carbocycles. The van der Waals surface area contributed by atoms with Crippen LogP contribution < -0.4 is 0 Å². The standard InChI is InChI=1S/C8H5Cl2NO2S/c1-5-6(4-11)2-7(9)3-8(5)14(10,12)13/h2-3H,1H3. The van der Waals surface area contributed by atoms with Crippen molar-refractivity contribution in [1.82, 2.24) is 0 Å². The van der Waals surface area contributed by atoms with Crippen LogP contribution in [0.3, 0.4) is 0 Å². The van der Waals surface area contributed by atoms with Crippen LogP contribution in [0.1, 0.15) is 11.1 Å². The van der Waals surface area contributed by atoms with Crippen LogP contribution in [0.25, 0.3) is 0 Å². The van der Waals surface area contributed by atoms with Crippen molar-refractivity contribution in [2.45, 2.75) is 11.8 Å². The van der Waals surface area contributed by atoms with E-state index in [1.165, 1.54) is 19.1 Å². The molecule has 0 atom stereocenters. The van der Waals surface area contributed by atoms with Gasteiger partial charge >= 0.3 is 0 Å². The Labute approximate surface area is 91.3 Å². The van der Waals surface area contributed by atoms with Crippen molar-refractivity contribution in [3.63, 3.8) is 0 Å². The quantitative estimate of drug-likeness (QED) is 0.719. The molecule has 1 rings (SSSR count). The van der Waals surface area contributed by atoms with Gasteiger partial charge in [0.05, 0.1) is 16.5 Å². The molecule has 0 aromatic heterocycles. The monoisotopic (exact) mass is 249 g/mol. The highest BCUT2D eigenvalue weighted by Gasteiger charge is 2.16. The Hall–Kier alpha value is -0.760. The van der Waals surface area contributed by atoms with E-state index in [4.69, 9.17) is 27.5 Å². The minimum absolute atomic E-state index is 0.122. The van der Waals surface area contributed by atoms with E-state index in [2.05, 4.69) is 0 Å². The highest BCUT2D eigenvalue weighted by molar-refractivity contribution is 8.13. The Bertz CT molecular complexity index is 517. The third kappa shape index (κ3) is 2.18. The molecule has 0 heterocycles. The van der Waals surface area contributed by atoms with E-state index >= 15 is 0 Å². The summed E-state index contributed by atoms with van der Waals surface area (Å²) in [5.74, 6) is 0. The van der Waals surface area contributed by atoms with Crippen LogP contribution in [-0.2, 0) is 9.05 Å². The molecule has 74 valence electrons. The van der Waals surface area contributed by atoms with Gasteiger partial charge in [-0.05, 0) is 24.6 Å². The van der Waals surface area contributed by atoms with Crippen molar-refractivity contribution in [2.75, 3.05) is 0 Å². The molecule has 0 fully saturated rings. The number of halogens is 2. The molecule has 0 aliphatic heterocycles. The topological polar surface area (TPSA) is 57.9 Å². The van der Waals surface area contributed by atoms with Gasteiger partial charge in [0.1, 0.15) is 0 Å². The molecular formula is C8H5Cl2NO2S. The van der Waals surface area contributed by atoms with Crippen LogP contribution in [-0.4, -0.2) is 8.42 Å². The van der Waals surface area contributed by atoms with Crippen LogP contribution in [0, 0.1) is 18.3 Å². The van der Waals surface area contributed by atoms with Crippen LogP contribution in [0.5, 0.6) is 0 Å². The summed E-state index contributed by atoms with van der Waals surface area (Å²) in [6, 6.07) is 4.45. The molecule has 0 saturated heterocycles. The highest BCUT2D eigenvalue weighted by Crippen LogP contribution is 2.26. The lowest BCUT2D eigenvalue weighted by Gasteiger charge is -2.04. The predicted octanol–water partition coefficient (Wildman–Crippen LogP) is 2.45. The Balaban J connectivity index is 3.64. The van der Waals surface area contributed by atoms with E-state index in [0.717, 1.165) is 0 Å². The second-order valence-electron chi connectivity index (χ2n) is 2.63. The molecular weight excluding hydrogens is 245 g/mol. The Morgan fingerprint density at radius 2 is 2.00 bits per heavy atom. The lowest BCUT2D eigenvalue weighted by Crippen LogP contribution is -1.97. The maximum absolute atomic E-state index is 11.1. The van der Waals surface area contributed by atoms with Crippen LogP contribution in [0.2, 0.25) is 5.02 Å². The third-order valence-corrected chi connectivity index (χ3v) is 3.37. The SMILES string of the molecule is Cc1c(C#N)cc(Cl)cc1S(=O)(=O)Cl. The molecule has 0 radical (unpaired) electrons. The Kier molecular flexibility index (Phi) is 3.05. The van der Waals surface area contributed by atoms with Gasteiger partial charge in [-0.1, -0.05) is 11.6 Å². The first-order valence-corrected chi connectivity index (χ1v) is 6.20. The average Bonchev–Trinajstić information content (AvgIpc) is 2.06. The first-order valence-electron chi connectivity index (χ1n) is 3.51. The molecule has 1 aromatic rings. The van der Waals surface area contributed by atoms with Crippen LogP contribution >= 0.6 is 22.3 Å². The van der Waals surface area contributed by atoms with Gasteiger partial charge in [-0.2, -0.15) is 5.26 Å². The molecule has 14 heavy (non-hydrogen) atoms. The molecule has 0 N–H and O–H groups in total. The van der Waals surface area contributed by atoms with Crippen molar-refractivity contribution in [1.29, 1.82) is 5.26 Å². The molecule has 3 nitrogen and oxygen atoms in total. The fraction of sp³-hybridized carbons (Fsp3) is 0.125. The van der Waals surface area contributed by atoms with E-state index < -0.39 is 9.05 Å². The Morgan fingerprint density at radius 3 is 2.43 bits per heavy atom. The molecule has 0 bridgehead atoms. The van der Waals surface area contributed by atoms with E-state index in [0.29, 0.717) is 5.56 Å². The van der Waals surface area contributed by atoms with Crippen molar-refractivity contribution in [3.8, 4) is 6.07 Å². The third-order valence-electron chi connectivity index (χ3n) is 1.71. The molecule has 0 unspecified atom stereocenters. The fourth-order valence-corrected chi connectivity index (χ4v) is 2.53. The maximum Gasteiger partial charge on any atom is 0.261 e. The number of benzene rings is 1. The summed E-state index contributed by atoms with van der Waals surface area (Å²) in [5.41, 5.74) is 0.517. The van der Waals surface area contributed by atoms with Gasteiger partial charge in [0, 0.05) is 15.7 Å². The normalized spacial score (nSPS) is 11.0. The summed E-state index contributed by atoms with van der Waals surface area (Å²) in [4.78, 5) is -0.122. The molecule has 0 spiro atoms. The fourth-order valence-electron chi connectivity index (χ4n) is 1.02.